The lowest BCUT2D eigenvalue weighted by atomic mass is 10.2. The zero-order valence-electron chi connectivity index (χ0n) is 9.85. The third kappa shape index (κ3) is 2.62. The van der Waals surface area contributed by atoms with E-state index in [1.807, 2.05) is 22.7 Å². The first kappa shape index (κ1) is 11.2. The van der Waals surface area contributed by atoms with Gasteiger partial charge in [0.25, 0.3) is 0 Å². The number of carbonyl (C=O) groups excluding carboxylic acids is 1. The average molecular weight is 221 g/mol. The van der Waals surface area contributed by atoms with E-state index >= 15 is 0 Å². The second-order valence-corrected chi connectivity index (χ2v) is 4.43. The highest BCUT2D eigenvalue weighted by Crippen LogP contribution is 2.11. The highest BCUT2D eigenvalue weighted by molar-refractivity contribution is 5.78. The molecule has 0 spiro atoms. The van der Waals surface area contributed by atoms with Crippen LogP contribution in [0.4, 0.5) is 0 Å². The molecule has 0 bridgehead atoms. The van der Waals surface area contributed by atoms with Gasteiger partial charge >= 0.3 is 0 Å². The minimum absolute atomic E-state index is 0.219. The van der Waals surface area contributed by atoms with Crippen LogP contribution >= 0.6 is 0 Å². The number of likely N-dealkylation sites (tertiary alicyclic amines) is 1. The van der Waals surface area contributed by atoms with Gasteiger partial charge in [0, 0.05) is 32.5 Å². The number of aromatic nitrogens is 2. The molecule has 1 aromatic rings. The minimum atomic E-state index is 0.219. The van der Waals surface area contributed by atoms with Crippen LogP contribution in [-0.2, 0) is 18.3 Å². The van der Waals surface area contributed by atoms with Crippen LogP contribution in [0.3, 0.4) is 0 Å². The summed E-state index contributed by atoms with van der Waals surface area (Å²) in [5.41, 5.74) is 0. The molecular formula is C12H19N3O. The summed E-state index contributed by atoms with van der Waals surface area (Å²) in [6, 6.07) is 0. The normalized spacial score (nSPS) is 17.2. The van der Waals surface area contributed by atoms with Crippen LogP contribution in [0.15, 0.2) is 12.4 Å². The van der Waals surface area contributed by atoms with Crippen molar-refractivity contribution in [3.8, 4) is 0 Å². The van der Waals surface area contributed by atoms with Crippen LogP contribution in [0.1, 0.15) is 31.5 Å². The summed E-state index contributed by atoms with van der Waals surface area (Å²) in [4.78, 5) is 18.2. The quantitative estimate of drug-likeness (QED) is 0.756. The van der Waals surface area contributed by atoms with Crippen LogP contribution < -0.4 is 0 Å². The third-order valence-electron chi connectivity index (χ3n) is 3.19. The first-order valence-electron chi connectivity index (χ1n) is 6.01. The molecule has 88 valence electrons. The van der Waals surface area contributed by atoms with E-state index in [0.29, 0.717) is 6.42 Å². The summed E-state index contributed by atoms with van der Waals surface area (Å²) in [5.74, 6) is 1.07. The SMILES string of the molecule is Cn1ccnc1CC(=O)N1CCCCCC1. The van der Waals surface area contributed by atoms with Gasteiger partial charge in [-0.2, -0.15) is 0 Å². The molecule has 0 atom stereocenters. The lowest BCUT2D eigenvalue weighted by Gasteiger charge is -2.19. The summed E-state index contributed by atoms with van der Waals surface area (Å²) in [6.45, 7) is 1.84. The van der Waals surface area contributed by atoms with E-state index in [9.17, 15) is 4.79 Å². The predicted molar refractivity (Wildman–Crippen MR) is 62.0 cm³/mol. The fourth-order valence-corrected chi connectivity index (χ4v) is 2.13. The van der Waals surface area contributed by atoms with Crippen molar-refractivity contribution in [3.05, 3.63) is 18.2 Å². The van der Waals surface area contributed by atoms with Crippen LogP contribution in [0.5, 0.6) is 0 Å². The zero-order valence-corrected chi connectivity index (χ0v) is 9.85. The molecular weight excluding hydrogens is 202 g/mol. The monoisotopic (exact) mass is 221 g/mol. The zero-order chi connectivity index (χ0) is 11.4. The topological polar surface area (TPSA) is 38.1 Å². The average Bonchev–Trinajstić information content (AvgIpc) is 2.57. The molecule has 0 N–H and O–H groups in total. The molecule has 4 nitrogen and oxygen atoms in total. The molecule has 16 heavy (non-hydrogen) atoms. The Morgan fingerprint density at radius 1 is 1.31 bits per heavy atom. The van der Waals surface area contributed by atoms with E-state index in [0.717, 1.165) is 31.8 Å². The number of imidazole rings is 1. The summed E-state index contributed by atoms with van der Waals surface area (Å²) < 4.78 is 1.91. The van der Waals surface area contributed by atoms with Crippen molar-refractivity contribution in [2.45, 2.75) is 32.1 Å². The van der Waals surface area contributed by atoms with Gasteiger partial charge in [-0.25, -0.2) is 4.98 Å². The van der Waals surface area contributed by atoms with Crippen molar-refractivity contribution in [1.82, 2.24) is 14.5 Å². The Morgan fingerprint density at radius 2 is 2.00 bits per heavy atom. The summed E-state index contributed by atoms with van der Waals surface area (Å²) in [6.07, 6.45) is 8.86. The van der Waals surface area contributed by atoms with E-state index < -0.39 is 0 Å². The number of aryl methyl sites for hydroxylation is 1. The number of carbonyl (C=O) groups is 1. The van der Waals surface area contributed by atoms with Crippen molar-refractivity contribution in [2.75, 3.05) is 13.1 Å². The number of amides is 1. The minimum Gasteiger partial charge on any atom is -0.342 e. The number of hydrogen-bond acceptors (Lipinski definition) is 2. The van der Waals surface area contributed by atoms with Gasteiger partial charge in [-0.1, -0.05) is 12.8 Å². The molecule has 1 aliphatic rings. The van der Waals surface area contributed by atoms with E-state index in [1.165, 1.54) is 12.8 Å². The molecule has 0 radical (unpaired) electrons. The standard InChI is InChI=1S/C12H19N3O/c1-14-9-6-13-11(14)10-12(16)15-7-4-2-3-5-8-15/h6,9H,2-5,7-8,10H2,1H3. The van der Waals surface area contributed by atoms with Gasteiger partial charge < -0.3 is 9.47 Å². The summed E-state index contributed by atoms with van der Waals surface area (Å²) >= 11 is 0. The van der Waals surface area contributed by atoms with Crippen molar-refractivity contribution in [2.24, 2.45) is 7.05 Å². The van der Waals surface area contributed by atoms with Gasteiger partial charge in [-0.3, -0.25) is 4.79 Å². The Balaban J connectivity index is 1.94. The second kappa shape index (κ2) is 5.14. The van der Waals surface area contributed by atoms with Gasteiger partial charge in [0.2, 0.25) is 5.91 Å². The molecule has 0 aromatic carbocycles. The molecule has 1 aromatic heterocycles. The number of nitrogens with zero attached hydrogens (tertiary/aromatic N) is 3. The molecule has 2 heterocycles. The van der Waals surface area contributed by atoms with Crippen LogP contribution in [0.25, 0.3) is 0 Å². The molecule has 0 unspecified atom stereocenters. The van der Waals surface area contributed by atoms with E-state index in [-0.39, 0.29) is 5.91 Å². The van der Waals surface area contributed by atoms with E-state index in [1.54, 1.807) is 6.20 Å². The highest BCUT2D eigenvalue weighted by atomic mass is 16.2. The Kier molecular flexibility index (Phi) is 3.59. The predicted octanol–water partition coefficient (Wildman–Crippen LogP) is 1.37. The maximum absolute atomic E-state index is 12.0. The molecule has 1 aliphatic heterocycles. The van der Waals surface area contributed by atoms with Crippen molar-refractivity contribution < 1.29 is 4.79 Å². The van der Waals surface area contributed by atoms with Gasteiger partial charge in [0.15, 0.2) is 0 Å². The number of hydrogen-bond donors (Lipinski definition) is 0. The van der Waals surface area contributed by atoms with Crippen molar-refractivity contribution >= 4 is 5.91 Å². The van der Waals surface area contributed by atoms with Crippen molar-refractivity contribution in [1.29, 1.82) is 0 Å². The van der Waals surface area contributed by atoms with Gasteiger partial charge in [0.05, 0.1) is 6.42 Å². The summed E-state index contributed by atoms with van der Waals surface area (Å²) in [7, 11) is 1.93. The molecule has 1 saturated heterocycles. The smallest absolute Gasteiger partial charge is 0.230 e. The maximum atomic E-state index is 12.0. The maximum Gasteiger partial charge on any atom is 0.230 e. The molecule has 0 saturated carbocycles. The lowest BCUT2D eigenvalue weighted by Crippen LogP contribution is -2.33. The second-order valence-electron chi connectivity index (χ2n) is 4.43. The van der Waals surface area contributed by atoms with Crippen molar-refractivity contribution in [3.63, 3.8) is 0 Å². The first-order chi connectivity index (χ1) is 7.77. The van der Waals surface area contributed by atoms with E-state index in [4.69, 9.17) is 0 Å². The summed E-state index contributed by atoms with van der Waals surface area (Å²) in [5, 5.41) is 0. The Hall–Kier alpha value is -1.32. The molecule has 2 rings (SSSR count). The fraction of sp³-hybridized carbons (Fsp3) is 0.667. The van der Waals surface area contributed by atoms with Crippen LogP contribution in [-0.4, -0.2) is 33.4 Å². The van der Waals surface area contributed by atoms with Gasteiger partial charge in [0.1, 0.15) is 5.82 Å². The van der Waals surface area contributed by atoms with Crippen LogP contribution in [0.2, 0.25) is 0 Å². The van der Waals surface area contributed by atoms with Crippen LogP contribution in [0, 0.1) is 0 Å². The molecule has 4 heteroatoms. The Labute approximate surface area is 96.3 Å². The molecule has 0 aliphatic carbocycles. The Bertz CT molecular complexity index is 351. The largest absolute Gasteiger partial charge is 0.342 e. The van der Waals surface area contributed by atoms with Gasteiger partial charge in [-0.15, -0.1) is 0 Å². The fourth-order valence-electron chi connectivity index (χ4n) is 2.13. The lowest BCUT2D eigenvalue weighted by molar-refractivity contribution is -0.130. The van der Waals surface area contributed by atoms with E-state index in [2.05, 4.69) is 4.98 Å². The first-order valence-corrected chi connectivity index (χ1v) is 6.01. The molecule has 1 fully saturated rings. The highest BCUT2D eigenvalue weighted by Gasteiger charge is 2.17. The third-order valence-corrected chi connectivity index (χ3v) is 3.19. The Morgan fingerprint density at radius 3 is 2.56 bits per heavy atom. The molecule has 1 amide bonds. The van der Waals surface area contributed by atoms with Gasteiger partial charge in [-0.05, 0) is 12.8 Å². The number of rotatable bonds is 2.